The molecular formula is C23H33Cl3N2O2. The van der Waals surface area contributed by atoms with Gasteiger partial charge in [0.2, 0.25) is 0 Å². The van der Waals surface area contributed by atoms with Crippen LogP contribution in [0.5, 0.6) is 5.75 Å². The van der Waals surface area contributed by atoms with Gasteiger partial charge in [0.05, 0.1) is 0 Å². The van der Waals surface area contributed by atoms with E-state index in [1.807, 2.05) is 36.4 Å². The third-order valence-corrected chi connectivity index (χ3v) is 5.38. The molecule has 2 aromatic rings. The van der Waals surface area contributed by atoms with Gasteiger partial charge in [-0.3, -0.25) is 4.90 Å². The van der Waals surface area contributed by atoms with Gasteiger partial charge in [-0.05, 0) is 35.2 Å². The molecule has 0 saturated carbocycles. The van der Waals surface area contributed by atoms with E-state index in [0.717, 1.165) is 48.2 Å². The van der Waals surface area contributed by atoms with E-state index >= 15 is 0 Å². The summed E-state index contributed by atoms with van der Waals surface area (Å²) >= 11 is 6.10. The van der Waals surface area contributed by atoms with Gasteiger partial charge in [-0.2, -0.15) is 0 Å². The van der Waals surface area contributed by atoms with Crippen LogP contribution in [0.2, 0.25) is 5.02 Å². The summed E-state index contributed by atoms with van der Waals surface area (Å²) in [5, 5.41) is 11.2. The van der Waals surface area contributed by atoms with E-state index in [9.17, 15) is 5.11 Å². The molecule has 0 aliphatic carbocycles. The lowest BCUT2D eigenvalue weighted by atomic mass is 9.86. The molecule has 30 heavy (non-hydrogen) atoms. The zero-order valence-corrected chi connectivity index (χ0v) is 20.3. The van der Waals surface area contributed by atoms with Crippen LogP contribution in [0.1, 0.15) is 26.3 Å². The van der Waals surface area contributed by atoms with Crippen LogP contribution in [0.25, 0.3) is 0 Å². The van der Waals surface area contributed by atoms with Crippen LogP contribution in [0, 0.1) is 0 Å². The number of piperazine rings is 1. The Morgan fingerprint density at radius 3 is 2.30 bits per heavy atom. The number of benzene rings is 2. The highest BCUT2D eigenvalue weighted by Gasteiger charge is 2.22. The molecule has 2 aromatic carbocycles. The second-order valence-corrected chi connectivity index (χ2v) is 8.91. The number of para-hydroxylation sites is 1. The standard InChI is InChI=1S/C23H31ClN2O2.2ClH/c1-23(2,3)21-9-4-5-10-22(21)28-17-20(27)16-25-11-13-26(14-12-25)19-8-6-7-18(24)15-19;;/h4-10,15,20,27H,11-14,16-17H2,1-3H3;2*1H. The maximum absolute atomic E-state index is 10.5. The topological polar surface area (TPSA) is 35.9 Å². The third-order valence-electron chi connectivity index (χ3n) is 5.14. The summed E-state index contributed by atoms with van der Waals surface area (Å²) in [6.07, 6.45) is -0.509. The largest absolute Gasteiger partial charge is 0.491 e. The molecule has 7 heteroatoms. The van der Waals surface area contributed by atoms with E-state index in [1.165, 1.54) is 0 Å². The predicted molar refractivity (Wildman–Crippen MR) is 131 cm³/mol. The summed E-state index contributed by atoms with van der Waals surface area (Å²) in [5.41, 5.74) is 2.34. The van der Waals surface area contributed by atoms with Crippen molar-refractivity contribution in [3.63, 3.8) is 0 Å². The lowest BCUT2D eigenvalue weighted by Crippen LogP contribution is -2.49. The van der Waals surface area contributed by atoms with Crippen molar-refractivity contribution < 1.29 is 9.84 Å². The predicted octanol–water partition coefficient (Wildman–Crippen LogP) is 5.04. The van der Waals surface area contributed by atoms with Crippen LogP contribution >= 0.6 is 36.4 Å². The van der Waals surface area contributed by atoms with Gasteiger partial charge in [-0.25, -0.2) is 0 Å². The molecule has 0 amide bonds. The molecule has 0 aromatic heterocycles. The Morgan fingerprint density at radius 1 is 1.00 bits per heavy atom. The molecule has 0 radical (unpaired) electrons. The van der Waals surface area contributed by atoms with Crippen LogP contribution in [0.4, 0.5) is 5.69 Å². The minimum Gasteiger partial charge on any atom is -0.491 e. The second-order valence-electron chi connectivity index (χ2n) is 8.48. The Labute approximate surface area is 198 Å². The fourth-order valence-corrected chi connectivity index (χ4v) is 3.79. The molecule has 1 saturated heterocycles. The van der Waals surface area contributed by atoms with Crippen LogP contribution in [0.15, 0.2) is 48.5 Å². The molecule has 1 unspecified atom stereocenters. The Hall–Kier alpha value is -1.17. The molecule has 1 atom stereocenters. The summed E-state index contributed by atoms with van der Waals surface area (Å²) in [4.78, 5) is 4.63. The van der Waals surface area contributed by atoms with E-state index in [2.05, 4.69) is 42.7 Å². The van der Waals surface area contributed by atoms with E-state index < -0.39 is 6.10 Å². The summed E-state index contributed by atoms with van der Waals surface area (Å²) in [7, 11) is 0. The van der Waals surface area contributed by atoms with E-state index in [1.54, 1.807) is 0 Å². The molecular weight excluding hydrogens is 443 g/mol. The Balaban J connectivity index is 0.00000225. The first kappa shape index (κ1) is 26.9. The number of ether oxygens (including phenoxy) is 1. The number of nitrogens with zero attached hydrogens (tertiary/aromatic N) is 2. The van der Waals surface area contributed by atoms with E-state index in [0.29, 0.717) is 13.2 Å². The molecule has 1 aliphatic rings. The molecule has 3 rings (SSSR count). The maximum Gasteiger partial charge on any atom is 0.123 e. The number of hydrogen-bond acceptors (Lipinski definition) is 4. The average molecular weight is 476 g/mol. The van der Waals surface area contributed by atoms with Gasteiger partial charge >= 0.3 is 0 Å². The number of halogens is 3. The summed E-state index contributed by atoms with van der Waals surface area (Å²) in [5.74, 6) is 0.861. The van der Waals surface area contributed by atoms with Gasteiger partial charge in [0.25, 0.3) is 0 Å². The van der Waals surface area contributed by atoms with Gasteiger partial charge in [0.1, 0.15) is 18.5 Å². The van der Waals surface area contributed by atoms with Crippen LogP contribution in [-0.4, -0.2) is 55.4 Å². The fourth-order valence-electron chi connectivity index (χ4n) is 3.61. The van der Waals surface area contributed by atoms with Gasteiger partial charge in [0, 0.05) is 43.4 Å². The quantitative estimate of drug-likeness (QED) is 0.635. The minimum atomic E-state index is -0.509. The number of aliphatic hydroxyl groups excluding tert-OH is 1. The SMILES string of the molecule is CC(C)(C)c1ccccc1OCC(O)CN1CCN(c2cccc(Cl)c2)CC1.Cl.Cl. The van der Waals surface area contributed by atoms with Gasteiger partial charge in [-0.15, -0.1) is 24.8 Å². The lowest BCUT2D eigenvalue weighted by molar-refractivity contribution is 0.0656. The number of anilines is 1. The highest BCUT2D eigenvalue weighted by molar-refractivity contribution is 6.30. The molecule has 0 spiro atoms. The zero-order valence-electron chi connectivity index (χ0n) is 17.9. The lowest BCUT2D eigenvalue weighted by Gasteiger charge is -2.37. The first-order valence-corrected chi connectivity index (χ1v) is 10.3. The fraction of sp³-hybridized carbons (Fsp3) is 0.478. The molecule has 1 N–H and O–H groups in total. The van der Waals surface area contributed by atoms with Crippen molar-refractivity contribution in [2.45, 2.75) is 32.3 Å². The number of hydrogen-bond donors (Lipinski definition) is 1. The molecule has 4 nitrogen and oxygen atoms in total. The van der Waals surface area contributed by atoms with Crippen molar-refractivity contribution >= 4 is 42.1 Å². The Morgan fingerprint density at radius 2 is 1.67 bits per heavy atom. The molecule has 1 fully saturated rings. The molecule has 1 aliphatic heterocycles. The normalized spacial score (nSPS) is 15.7. The van der Waals surface area contributed by atoms with Crippen molar-refractivity contribution in [1.82, 2.24) is 4.90 Å². The molecule has 1 heterocycles. The number of aliphatic hydroxyl groups is 1. The van der Waals surface area contributed by atoms with E-state index in [-0.39, 0.29) is 30.2 Å². The third kappa shape index (κ3) is 7.51. The monoisotopic (exact) mass is 474 g/mol. The summed E-state index contributed by atoms with van der Waals surface area (Å²) in [6.45, 7) is 11.1. The Bertz CT molecular complexity index is 775. The van der Waals surface area contributed by atoms with Crippen LogP contribution in [-0.2, 0) is 5.41 Å². The maximum atomic E-state index is 10.5. The van der Waals surface area contributed by atoms with Crippen LogP contribution in [0.3, 0.4) is 0 Å². The second kappa shape index (κ2) is 12.0. The van der Waals surface area contributed by atoms with Gasteiger partial charge in [-0.1, -0.05) is 56.6 Å². The van der Waals surface area contributed by atoms with E-state index in [4.69, 9.17) is 16.3 Å². The average Bonchev–Trinajstić information content (AvgIpc) is 2.66. The van der Waals surface area contributed by atoms with Crippen molar-refractivity contribution in [2.24, 2.45) is 0 Å². The minimum absolute atomic E-state index is 0. The van der Waals surface area contributed by atoms with Gasteiger partial charge < -0.3 is 14.7 Å². The smallest absolute Gasteiger partial charge is 0.123 e. The first-order valence-electron chi connectivity index (χ1n) is 9.96. The molecule has 0 bridgehead atoms. The van der Waals surface area contributed by atoms with Crippen molar-refractivity contribution in [3.8, 4) is 5.75 Å². The Kier molecular flexibility index (Phi) is 10.8. The van der Waals surface area contributed by atoms with Crippen LogP contribution < -0.4 is 9.64 Å². The summed E-state index contributed by atoms with van der Waals surface area (Å²) < 4.78 is 5.97. The zero-order chi connectivity index (χ0) is 20.1. The summed E-state index contributed by atoms with van der Waals surface area (Å²) in [6, 6.07) is 16.1. The number of β-amino-alcohol motifs (C(OH)–C–C–N with tert-alkyl or cyclic N) is 1. The van der Waals surface area contributed by atoms with Crippen molar-refractivity contribution in [1.29, 1.82) is 0 Å². The highest BCUT2D eigenvalue weighted by Crippen LogP contribution is 2.31. The number of rotatable bonds is 6. The van der Waals surface area contributed by atoms with Crippen molar-refractivity contribution in [2.75, 3.05) is 44.2 Å². The van der Waals surface area contributed by atoms with Crippen molar-refractivity contribution in [3.05, 3.63) is 59.1 Å². The first-order chi connectivity index (χ1) is 13.3. The highest BCUT2D eigenvalue weighted by atomic mass is 35.5. The molecule has 168 valence electrons. The van der Waals surface area contributed by atoms with Gasteiger partial charge in [0.15, 0.2) is 0 Å².